The van der Waals surface area contributed by atoms with Gasteiger partial charge < -0.3 is 15.3 Å². The van der Waals surface area contributed by atoms with Crippen LogP contribution in [-0.2, 0) is 4.79 Å². The Morgan fingerprint density at radius 1 is 1.47 bits per heavy atom. The van der Waals surface area contributed by atoms with Crippen LogP contribution in [0.1, 0.15) is 13.8 Å². The summed E-state index contributed by atoms with van der Waals surface area (Å²) in [4.78, 5) is 26.5. The maximum Gasteiger partial charge on any atom is 0.321 e. The molecule has 0 bridgehead atoms. The summed E-state index contributed by atoms with van der Waals surface area (Å²) in [5.74, 6) is -0.699. The van der Waals surface area contributed by atoms with Crippen molar-refractivity contribution in [2.45, 2.75) is 25.9 Å². The van der Waals surface area contributed by atoms with Crippen LogP contribution < -0.4 is 5.32 Å². The molecule has 2 aliphatic rings. The summed E-state index contributed by atoms with van der Waals surface area (Å²) in [5.41, 5.74) is 0. The first-order valence-electron chi connectivity index (χ1n) is 6.02. The number of amides is 2. The summed E-state index contributed by atoms with van der Waals surface area (Å²) in [7, 11) is 0. The van der Waals surface area contributed by atoms with Crippen molar-refractivity contribution in [3.05, 3.63) is 0 Å². The van der Waals surface area contributed by atoms with Crippen LogP contribution in [0.2, 0.25) is 0 Å². The number of aliphatic carboxylic acids is 1. The molecule has 0 saturated carbocycles. The lowest BCUT2D eigenvalue weighted by molar-refractivity contribution is -0.146. The molecule has 2 aliphatic heterocycles. The summed E-state index contributed by atoms with van der Waals surface area (Å²) >= 11 is 0. The Bertz CT molecular complexity index is 332. The molecule has 2 amide bonds. The number of carboxylic acid groups (broad SMARTS) is 1. The molecule has 2 atom stereocenters. The highest BCUT2D eigenvalue weighted by Crippen LogP contribution is 2.19. The van der Waals surface area contributed by atoms with Crippen molar-refractivity contribution in [2.75, 3.05) is 26.2 Å². The van der Waals surface area contributed by atoms with E-state index >= 15 is 0 Å². The van der Waals surface area contributed by atoms with E-state index in [9.17, 15) is 14.7 Å². The lowest BCUT2D eigenvalue weighted by atomic mass is 10.0. The Morgan fingerprint density at radius 3 is 2.76 bits per heavy atom. The number of nitrogens with zero attached hydrogens (tertiary/aromatic N) is 2. The van der Waals surface area contributed by atoms with Gasteiger partial charge in [0.1, 0.15) is 6.04 Å². The fourth-order valence-corrected chi connectivity index (χ4v) is 2.74. The lowest BCUT2D eigenvalue weighted by Gasteiger charge is -2.40. The number of carbonyl (C=O) groups excluding carboxylic acids is 1. The molecule has 2 fully saturated rings. The van der Waals surface area contributed by atoms with Crippen molar-refractivity contribution in [3.8, 4) is 0 Å². The predicted molar refractivity (Wildman–Crippen MR) is 61.7 cm³/mol. The SMILES string of the molecule is CC(C)C(C(=O)O)N1CCN2C(=O)NCC2C1. The summed E-state index contributed by atoms with van der Waals surface area (Å²) in [6, 6.07) is -0.351. The van der Waals surface area contributed by atoms with Gasteiger partial charge in [0.05, 0.1) is 6.04 Å². The fraction of sp³-hybridized carbons (Fsp3) is 0.818. The van der Waals surface area contributed by atoms with Gasteiger partial charge >= 0.3 is 12.0 Å². The number of fused-ring (bicyclic) bond motifs is 1. The molecule has 0 aromatic rings. The number of nitrogens with one attached hydrogen (secondary N) is 1. The molecule has 2 saturated heterocycles. The fourth-order valence-electron chi connectivity index (χ4n) is 2.74. The molecule has 2 N–H and O–H groups in total. The van der Waals surface area contributed by atoms with E-state index in [1.54, 1.807) is 4.90 Å². The first-order valence-corrected chi connectivity index (χ1v) is 6.02. The first kappa shape index (κ1) is 12.2. The molecule has 2 rings (SSSR count). The molecule has 2 unspecified atom stereocenters. The molecule has 6 heteroatoms. The zero-order chi connectivity index (χ0) is 12.6. The summed E-state index contributed by atoms with van der Waals surface area (Å²) < 4.78 is 0. The van der Waals surface area contributed by atoms with Crippen LogP contribution >= 0.6 is 0 Å². The summed E-state index contributed by atoms with van der Waals surface area (Å²) in [6.07, 6.45) is 0. The highest BCUT2D eigenvalue weighted by Gasteiger charge is 2.39. The zero-order valence-corrected chi connectivity index (χ0v) is 10.2. The molecule has 2 heterocycles. The number of piperazine rings is 1. The first-order chi connectivity index (χ1) is 8.00. The number of carbonyl (C=O) groups is 2. The highest BCUT2D eigenvalue weighted by molar-refractivity contribution is 5.77. The van der Waals surface area contributed by atoms with Crippen LogP contribution in [0.4, 0.5) is 4.79 Å². The number of urea groups is 1. The molecular formula is C11H19N3O3. The van der Waals surface area contributed by atoms with Gasteiger partial charge in [0.25, 0.3) is 0 Å². The molecule has 0 aromatic heterocycles. The minimum absolute atomic E-state index is 0.0222. The topological polar surface area (TPSA) is 72.9 Å². The van der Waals surface area contributed by atoms with E-state index in [4.69, 9.17) is 0 Å². The van der Waals surface area contributed by atoms with Gasteiger partial charge in [-0.1, -0.05) is 13.8 Å². The van der Waals surface area contributed by atoms with Gasteiger partial charge in [-0.15, -0.1) is 0 Å². The molecule has 96 valence electrons. The third-order valence-electron chi connectivity index (χ3n) is 3.54. The van der Waals surface area contributed by atoms with E-state index in [1.165, 1.54) is 0 Å². The average Bonchev–Trinajstić information content (AvgIpc) is 2.59. The van der Waals surface area contributed by atoms with Gasteiger partial charge in [-0.3, -0.25) is 9.69 Å². The van der Waals surface area contributed by atoms with E-state index in [2.05, 4.69) is 5.32 Å². The second-order valence-electron chi connectivity index (χ2n) is 5.06. The summed E-state index contributed by atoms with van der Waals surface area (Å²) in [5, 5.41) is 12.0. The number of carboxylic acids is 1. The minimum atomic E-state index is -0.772. The third kappa shape index (κ3) is 2.22. The molecule has 6 nitrogen and oxygen atoms in total. The van der Waals surface area contributed by atoms with E-state index in [0.29, 0.717) is 26.2 Å². The Balaban J connectivity index is 2.05. The minimum Gasteiger partial charge on any atom is -0.480 e. The van der Waals surface area contributed by atoms with Gasteiger partial charge in [-0.05, 0) is 5.92 Å². The number of hydrogen-bond acceptors (Lipinski definition) is 3. The van der Waals surface area contributed by atoms with Crippen LogP contribution in [-0.4, -0.2) is 65.2 Å². The van der Waals surface area contributed by atoms with Gasteiger partial charge in [-0.25, -0.2) is 4.79 Å². The molecule has 0 aromatic carbocycles. The van der Waals surface area contributed by atoms with Crippen molar-refractivity contribution in [2.24, 2.45) is 5.92 Å². The van der Waals surface area contributed by atoms with Gasteiger partial charge in [0.2, 0.25) is 0 Å². The van der Waals surface area contributed by atoms with Crippen LogP contribution in [0, 0.1) is 5.92 Å². The van der Waals surface area contributed by atoms with Crippen molar-refractivity contribution in [3.63, 3.8) is 0 Å². The van der Waals surface area contributed by atoms with E-state index < -0.39 is 12.0 Å². The largest absolute Gasteiger partial charge is 0.480 e. The van der Waals surface area contributed by atoms with Gasteiger partial charge in [-0.2, -0.15) is 0 Å². The predicted octanol–water partition coefficient (Wildman–Crippen LogP) is -0.195. The lowest BCUT2D eigenvalue weighted by Crippen LogP contribution is -2.57. The van der Waals surface area contributed by atoms with Crippen LogP contribution in [0.15, 0.2) is 0 Å². The van der Waals surface area contributed by atoms with Crippen LogP contribution in [0.25, 0.3) is 0 Å². The normalized spacial score (nSPS) is 26.9. The Kier molecular flexibility index (Phi) is 3.24. The van der Waals surface area contributed by atoms with Crippen molar-refractivity contribution in [1.29, 1.82) is 0 Å². The maximum atomic E-state index is 11.4. The maximum absolute atomic E-state index is 11.4. The average molecular weight is 241 g/mol. The number of rotatable bonds is 3. The standard InChI is InChI=1S/C11H19N3O3/c1-7(2)9(10(15)16)13-3-4-14-8(6-13)5-12-11(14)17/h7-9H,3-6H2,1-2H3,(H,12,17)(H,15,16). The van der Waals surface area contributed by atoms with E-state index in [0.717, 1.165) is 0 Å². The molecule has 17 heavy (non-hydrogen) atoms. The second-order valence-corrected chi connectivity index (χ2v) is 5.06. The number of hydrogen-bond donors (Lipinski definition) is 2. The van der Waals surface area contributed by atoms with Crippen molar-refractivity contribution >= 4 is 12.0 Å². The summed E-state index contributed by atoms with van der Waals surface area (Å²) in [6.45, 7) is 6.37. The van der Waals surface area contributed by atoms with Crippen molar-refractivity contribution in [1.82, 2.24) is 15.1 Å². The molecular weight excluding hydrogens is 222 g/mol. The van der Waals surface area contributed by atoms with E-state index in [-0.39, 0.29) is 18.0 Å². The van der Waals surface area contributed by atoms with E-state index in [1.807, 2.05) is 18.7 Å². The quantitative estimate of drug-likeness (QED) is 0.718. The van der Waals surface area contributed by atoms with Gasteiger partial charge in [0, 0.05) is 26.2 Å². The van der Waals surface area contributed by atoms with Crippen LogP contribution in [0.3, 0.4) is 0 Å². The Hall–Kier alpha value is -1.30. The second kappa shape index (κ2) is 4.52. The monoisotopic (exact) mass is 241 g/mol. The zero-order valence-electron chi connectivity index (χ0n) is 10.2. The van der Waals surface area contributed by atoms with Crippen molar-refractivity contribution < 1.29 is 14.7 Å². The third-order valence-corrected chi connectivity index (χ3v) is 3.54. The Labute approximate surface area is 101 Å². The Morgan fingerprint density at radius 2 is 2.18 bits per heavy atom. The van der Waals surface area contributed by atoms with Gasteiger partial charge in [0.15, 0.2) is 0 Å². The highest BCUT2D eigenvalue weighted by atomic mass is 16.4. The molecule has 0 spiro atoms. The smallest absolute Gasteiger partial charge is 0.321 e. The molecule has 0 aliphatic carbocycles. The van der Waals surface area contributed by atoms with Crippen LogP contribution in [0.5, 0.6) is 0 Å². The molecule has 0 radical (unpaired) electrons.